The number of ether oxygens (including phenoxy) is 2. The van der Waals surface area contributed by atoms with Crippen molar-refractivity contribution in [2.75, 3.05) is 6.54 Å². The summed E-state index contributed by atoms with van der Waals surface area (Å²) in [6.07, 6.45) is 0.332. The van der Waals surface area contributed by atoms with Crippen molar-refractivity contribution in [1.29, 1.82) is 0 Å². The van der Waals surface area contributed by atoms with Crippen LogP contribution >= 0.6 is 0 Å². The zero-order valence-corrected chi connectivity index (χ0v) is 20.7. The van der Waals surface area contributed by atoms with Crippen LogP contribution < -0.4 is 4.74 Å². The number of halogens is 1. The van der Waals surface area contributed by atoms with E-state index in [0.29, 0.717) is 19.6 Å². The van der Waals surface area contributed by atoms with Gasteiger partial charge < -0.3 is 9.47 Å². The summed E-state index contributed by atoms with van der Waals surface area (Å²) < 4.78 is 25.4. The summed E-state index contributed by atoms with van der Waals surface area (Å²) in [5, 5.41) is 0. The molecule has 0 spiro atoms. The van der Waals surface area contributed by atoms with Crippen LogP contribution in [0.1, 0.15) is 62.9 Å². The molecule has 4 rings (SSSR count). The molecule has 0 bridgehead atoms. The zero-order valence-electron chi connectivity index (χ0n) is 20.7. The quantitative estimate of drug-likeness (QED) is 0.407. The van der Waals surface area contributed by atoms with Crippen LogP contribution in [0.5, 0.6) is 5.75 Å². The molecule has 34 heavy (non-hydrogen) atoms. The van der Waals surface area contributed by atoms with Crippen molar-refractivity contribution in [3.8, 4) is 5.75 Å². The van der Waals surface area contributed by atoms with E-state index in [4.69, 9.17) is 9.47 Å². The van der Waals surface area contributed by atoms with Crippen molar-refractivity contribution >= 4 is 6.09 Å². The van der Waals surface area contributed by atoms with Crippen molar-refractivity contribution in [1.82, 2.24) is 4.90 Å². The minimum Gasteiger partial charge on any atom is -0.489 e. The number of hydrogen-bond acceptors (Lipinski definition) is 3. The topological polar surface area (TPSA) is 38.8 Å². The Hall–Kier alpha value is -3.34. The highest BCUT2D eigenvalue weighted by Crippen LogP contribution is 2.38. The molecule has 0 N–H and O–H groups in total. The molecule has 0 saturated heterocycles. The van der Waals surface area contributed by atoms with Crippen LogP contribution in [0, 0.1) is 5.82 Å². The van der Waals surface area contributed by atoms with E-state index in [1.165, 1.54) is 12.1 Å². The van der Waals surface area contributed by atoms with E-state index in [1.54, 1.807) is 17.0 Å². The Morgan fingerprint density at radius 2 is 1.68 bits per heavy atom. The lowest BCUT2D eigenvalue weighted by molar-refractivity contribution is 0.0178. The lowest BCUT2D eigenvalue weighted by atomic mass is 9.88. The number of fused-ring (bicyclic) bond motifs is 1. The highest BCUT2D eigenvalue weighted by atomic mass is 19.1. The van der Waals surface area contributed by atoms with Gasteiger partial charge >= 0.3 is 6.09 Å². The van der Waals surface area contributed by atoms with Gasteiger partial charge in [0.2, 0.25) is 0 Å². The molecule has 0 radical (unpaired) electrons. The predicted molar refractivity (Wildman–Crippen MR) is 133 cm³/mol. The summed E-state index contributed by atoms with van der Waals surface area (Å²) in [4.78, 5) is 14.8. The minimum atomic E-state index is -0.606. The van der Waals surface area contributed by atoms with E-state index in [2.05, 4.69) is 6.07 Å². The maximum Gasteiger partial charge on any atom is 0.411 e. The number of rotatable bonds is 4. The van der Waals surface area contributed by atoms with Gasteiger partial charge in [-0.1, -0.05) is 62.4 Å². The van der Waals surface area contributed by atoms with Crippen molar-refractivity contribution < 1.29 is 18.7 Å². The molecule has 0 aliphatic carbocycles. The van der Waals surface area contributed by atoms with Gasteiger partial charge in [-0.3, -0.25) is 4.90 Å². The molecule has 0 aromatic heterocycles. The van der Waals surface area contributed by atoms with Crippen molar-refractivity contribution in [2.45, 2.75) is 59.3 Å². The van der Waals surface area contributed by atoms with Gasteiger partial charge in [0.15, 0.2) is 0 Å². The van der Waals surface area contributed by atoms with Gasteiger partial charge in [0.05, 0.1) is 6.04 Å². The van der Waals surface area contributed by atoms with Gasteiger partial charge in [0.1, 0.15) is 23.8 Å². The van der Waals surface area contributed by atoms with Gasteiger partial charge in [-0.05, 0) is 73.7 Å². The molecule has 180 valence electrons. The molecule has 4 nitrogen and oxygen atoms in total. The summed E-state index contributed by atoms with van der Waals surface area (Å²) in [5.41, 5.74) is 3.42. The van der Waals surface area contributed by atoms with Crippen LogP contribution in [0.25, 0.3) is 0 Å². The SMILES string of the molecule is CC.CC(C)(C)OC(=O)N1CCc2ccc(OCc3ccccc3)cc2[C@@H]1c1ccc(F)cc1. The molecular formula is C29H34FNO3. The number of amides is 1. The molecule has 0 fully saturated rings. The van der Waals surface area contributed by atoms with Crippen molar-refractivity contribution in [3.63, 3.8) is 0 Å². The lowest BCUT2D eigenvalue weighted by Crippen LogP contribution is -2.43. The Bertz CT molecular complexity index is 1070. The fraction of sp³-hybridized carbons (Fsp3) is 0.345. The van der Waals surface area contributed by atoms with E-state index in [1.807, 2.05) is 77.1 Å². The average molecular weight is 464 g/mol. The Kier molecular flexibility index (Phi) is 8.32. The predicted octanol–water partition coefficient (Wildman–Crippen LogP) is 7.31. The van der Waals surface area contributed by atoms with Crippen LogP contribution in [-0.4, -0.2) is 23.1 Å². The van der Waals surface area contributed by atoms with Gasteiger partial charge in [-0.25, -0.2) is 9.18 Å². The van der Waals surface area contributed by atoms with E-state index in [9.17, 15) is 9.18 Å². The second-order valence-electron chi connectivity index (χ2n) is 9.01. The monoisotopic (exact) mass is 463 g/mol. The first-order valence-electron chi connectivity index (χ1n) is 11.8. The second kappa shape index (κ2) is 11.2. The third kappa shape index (κ3) is 6.37. The average Bonchev–Trinajstić information content (AvgIpc) is 2.83. The first kappa shape index (κ1) is 25.3. The number of carbonyl (C=O) groups excluding carboxylic acids is 1. The third-order valence-electron chi connectivity index (χ3n) is 5.41. The van der Waals surface area contributed by atoms with Crippen LogP contribution in [0.4, 0.5) is 9.18 Å². The first-order valence-corrected chi connectivity index (χ1v) is 11.8. The first-order chi connectivity index (χ1) is 16.3. The van der Waals surface area contributed by atoms with Crippen LogP contribution in [0.2, 0.25) is 0 Å². The maximum absolute atomic E-state index is 13.6. The standard InChI is InChI=1S/C27H28FNO3.C2H6/c1-27(2,3)32-26(30)29-16-15-20-11-14-23(31-18-19-7-5-4-6-8-19)17-24(20)25(29)21-9-12-22(28)13-10-21;1-2/h4-14,17,25H,15-16,18H2,1-3H3;1-2H3/t25-;/m0./s1. The number of hydrogen-bond donors (Lipinski definition) is 0. The zero-order chi connectivity index (χ0) is 24.7. The van der Waals surface area contributed by atoms with E-state index in [-0.39, 0.29) is 18.0 Å². The molecule has 1 amide bonds. The maximum atomic E-state index is 13.6. The molecule has 3 aromatic carbocycles. The Morgan fingerprint density at radius 3 is 2.32 bits per heavy atom. The van der Waals surface area contributed by atoms with E-state index < -0.39 is 5.60 Å². The fourth-order valence-corrected chi connectivity index (χ4v) is 3.95. The third-order valence-corrected chi connectivity index (χ3v) is 5.41. The van der Waals surface area contributed by atoms with Gasteiger partial charge in [0, 0.05) is 6.54 Å². The number of benzene rings is 3. The highest BCUT2D eigenvalue weighted by molar-refractivity contribution is 5.70. The van der Waals surface area contributed by atoms with E-state index in [0.717, 1.165) is 28.0 Å². The van der Waals surface area contributed by atoms with Crippen LogP contribution in [-0.2, 0) is 17.8 Å². The Balaban J connectivity index is 0.00000158. The summed E-state index contributed by atoms with van der Waals surface area (Å²) >= 11 is 0. The molecular weight excluding hydrogens is 429 g/mol. The van der Waals surface area contributed by atoms with Gasteiger partial charge in [0.25, 0.3) is 0 Å². The Labute approximate surface area is 202 Å². The van der Waals surface area contributed by atoms with Gasteiger partial charge in [-0.15, -0.1) is 0 Å². The molecule has 5 heteroatoms. The van der Waals surface area contributed by atoms with Gasteiger partial charge in [-0.2, -0.15) is 0 Å². The molecule has 3 aromatic rings. The molecule has 1 atom stereocenters. The highest BCUT2D eigenvalue weighted by Gasteiger charge is 2.35. The van der Waals surface area contributed by atoms with Crippen LogP contribution in [0.15, 0.2) is 72.8 Å². The fourth-order valence-electron chi connectivity index (χ4n) is 3.95. The van der Waals surface area contributed by atoms with Crippen molar-refractivity contribution in [3.05, 3.63) is 101 Å². The molecule has 0 unspecified atom stereocenters. The summed E-state index contributed by atoms with van der Waals surface area (Å²) in [6, 6.07) is 21.9. The summed E-state index contributed by atoms with van der Waals surface area (Å²) in [5.74, 6) is 0.416. The molecule has 0 saturated carbocycles. The minimum absolute atomic E-state index is 0.312. The molecule has 1 heterocycles. The molecule has 1 aliphatic heterocycles. The Morgan fingerprint density at radius 1 is 1.00 bits per heavy atom. The smallest absolute Gasteiger partial charge is 0.411 e. The van der Waals surface area contributed by atoms with Crippen molar-refractivity contribution in [2.24, 2.45) is 0 Å². The second-order valence-corrected chi connectivity index (χ2v) is 9.01. The summed E-state index contributed by atoms with van der Waals surface area (Å²) in [7, 11) is 0. The van der Waals surface area contributed by atoms with Crippen LogP contribution in [0.3, 0.4) is 0 Å². The molecule has 1 aliphatic rings. The van der Waals surface area contributed by atoms with E-state index >= 15 is 0 Å². The number of carbonyl (C=O) groups is 1. The normalized spacial score (nSPS) is 15.0. The lowest BCUT2D eigenvalue weighted by Gasteiger charge is -2.38. The summed E-state index contributed by atoms with van der Waals surface area (Å²) in [6.45, 7) is 10.5. The number of nitrogens with zero attached hydrogens (tertiary/aromatic N) is 1. The largest absolute Gasteiger partial charge is 0.489 e.